The number of amides is 1. The fourth-order valence-corrected chi connectivity index (χ4v) is 2.93. The van der Waals surface area contributed by atoms with E-state index >= 15 is 0 Å². The smallest absolute Gasteiger partial charge is 0.255 e. The van der Waals surface area contributed by atoms with Gasteiger partial charge in [-0.2, -0.15) is 5.10 Å². The number of hydrogen-bond donors (Lipinski definition) is 2. The van der Waals surface area contributed by atoms with Crippen LogP contribution in [0.4, 0.5) is 5.69 Å². The molecule has 1 aliphatic heterocycles. The van der Waals surface area contributed by atoms with Crippen LogP contribution in [0.3, 0.4) is 0 Å². The highest BCUT2D eigenvalue weighted by Crippen LogP contribution is 2.15. The number of aromatic nitrogens is 2. The van der Waals surface area contributed by atoms with Crippen molar-refractivity contribution < 1.29 is 9.90 Å². The number of carbonyl (C=O) groups excluding carboxylic acids is 1. The third-order valence-electron chi connectivity index (χ3n) is 4.04. The van der Waals surface area contributed by atoms with E-state index in [0.29, 0.717) is 17.8 Å². The summed E-state index contributed by atoms with van der Waals surface area (Å²) in [6.45, 7) is 2.44. The first-order chi connectivity index (χ1) is 11.1. The Bertz CT molecular complexity index is 683. The second-order valence-electron chi connectivity index (χ2n) is 6.09. The minimum absolute atomic E-state index is 0.140. The highest BCUT2D eigenvalue weighted by atomic mass is 16.3. The Morgan fingerprint density at radius 1 is 1.48 bits per heavy atom. The third-order valence-corrected chi connectivity index (χ3v) is 4.04. The summed E-state index contributed by atoms with van der Waals surface area (Å²) in [6.07, 6.45) is 5.04. The molecule has 2 N–H and O–H groups in total. The van der Waals surface area contributed by atoms with Crippen LogP contribution < -0.4 is 5.32 Å². The lowest BCUT2D eigenvalue weighted by Crippen LogP contribution is -2.37. The van der Waals surface area contributed by atoms with Gasteiger partial charge >= 0.3 is 0 Å². The minimum Gasteiger partial charge on any atom is -0.392 e. The fourth-order valence-electron chi connectivity index (χ4n) is 2.93. The average molecular weight is 314 g/mol. The maximum Gasteiger partial charge on any atom is 0.255 e. The van der Waals surface area contributed by atoms with Crippen molar-refractivity contribution in [3.8, 4) is 0 Å². The van der Waals surface area contributed by atoms with Gasteiger partial charge in [0.1, 0.15) is 0 Å². The van der Waals surface area contributed by atoms with Gasteiger partial charge in [0.15, 0.2) is 0 Å². The van der Waals surface area contributed by atoms with E-state index < -0.39 is 0 Å². The molecule has 1 saturated heterocycles. The average Bonchev–Trinajstić information content (AvgIpc) is 2.92. The Labute approximate surface area is 135 Å². The number of nitrogens with zero attached hydrogens (tertiary/aromatic N) is 3. The monoisotopic (exact) mass is 314 g/mol. The zero-order valence-corrected chi connectivity index (χ0v) is 13.3. The molecule has 0 saturated carbocycles. The summed E-state index contributed by atoms with van der Waals surface area (Å²) >= 11 is 0. The van der Waals surface area contributed by atoms with E-state index in [2.05, 4.69) is 15.3 Å². The molecule has 122 valence electrons. The SMILES string of the molecule is Cn1cc(NC(=O)c2cccc(CN3CCC[C@@H](O)C3)c2)cn1. The van der Waals surface area contributed by atoms with E-state index in [1.807, 2.05) is 25.2 Å². The highest BCUT2D eigenvalue weighted by Gasteiger charge is 2.18. The molecular weight excluding hydrogens is 292 g/mol. The Morgan fingerprint density at radius 3 is 3.09 bits per heavy atom. The topological polar surface area (TPSA) is 70.4 Å². The molecule has 6 heteroatoms. The van der Waals surface area contributed by atoms with Crippen LogP contribution in [-0.4, -0.2) is 44.9 Å². The Morgan fingerprint density at radius 2 is 2.35 bits per heavy atom. The fraction of sp³-hybridized carbons (Fsp3) is 0.412. The number of aliphatic hydroxyl groups is 1. The second-order valence-corrected chi connectivity index (χ2v) is 6.09. The van der Waals surface area contributed by atoms with Crippen molar-refractivity contribution in [2.75, 3.05) is 18.4 Å². The number of piperidine rings is 1. The lowest BCUT2D eigenvalue weighted by atomic mass is 10.1. The molecule has 1 fully saturated rings. The Balaban J connectivity index is 1.65. The van der Waals surface area contributed by atoms with Crippen LogP contribution in [0.15, 0.2) is 36.7 Å². The molecule has 1 aromatic carbocycles. The van der Waals surface area contributed by atoms with E-state index in [4.69, 9.17) is 0 Å². The predicted octanol–water partition coefficient (Wildman–Crippen LogP) is 1.63. The van der Waals surface area contributed by atoms with Crippen molar-refractivity contribution in [2.24, 2.45) is 7.05 Å². The van der Waals surface area contributed by atoms with E-state index in [1.165, 1.54) is 0 Å². The van der Waals surface area contributed by atoms with Gasteiger partial charge in [-0.3, -0.25) is 14.4 Å². The third kappa shape index (κ3) is 4.18. The van der Waals surface area contributed by atoms with Gasteiger partial charge in [0.05, 0.1) is 18.0 Å². The lowest BCUT2D eigenvalue weighted by molar-refractivity contribution is 0.0668. The van der Waals surface area contributed by atoms with Crippen molar-refractivity contribution in [2.45, 2.75) is 25.5 Å². The van der Waals surface area contributed by atoms with Crippen LogP contribution in [0.25, 0.3) is 0 Å². The number of rotatable bonds is 4. The number of benzene rings is 1. The van der Waals surface area contributed by atoms with Gasteiger partial charge in [0.25, 0.3) is 5.91 Å². The number of carbonyl (C=O) groups is 1. The number of anilines is 1. The van der Waals surface area contributed by atoms with Crippen molar-refractivity contribution >= 4 is 11.6 Å². The number of nitrogens with one attached hydrogen (secondary N) is 1. The molecule has 0 aliphatic carbocycles. The second kappa shape index (κ2) is 6.93. The van der Waals surface area contributed by atoms with Gasteiger partial charge in [-0.05, 0) is 37.1 Å². The highest BCUT2D eigenvalue weighted by molar-refractivity contribution is 6.04. The van der Waals surface area contributed by atoms with Gasteiger partial charge in [0, 0.05) is 31.9 Å². The van der Waals surface area contributed by atoms with Gasteiger partial charge < -0.3 is 10.4 Å². The molecule has 2 aromatic rings. The molecule has 1 aliphatic rings. The van der Waals surface area contributed by atoms with Crippen LogP contribution >= 0.6 is 0 Å². The predicted molar refractivity (Wildman–Crippen MR) is 88.1 cm³/mol. The van der Waals surface area contributed by atoms with E-state index in [-0.39, 0.29) is 12.0 Å². The zero-order valence-electron chi connectivity index (χ0n) is 13.3. The van der Waals surface area contributed by atoms with Crippen LogP contribution in [0.1, 0.15) is 28.8 Å². The van der Waals surface area contributed by atoms with Gasteiger partial charge in [0.2, 0.25) is 0 Å². The number of β-amino-alcohol motifs (C(OH)–C–C–N with tert-alkyl or cyclic N) is 1. The molecular formula is C17H22N4O2. The standard InChI is InChI=1S/C17H22N4O2/c1-20-11-15(9-18-20)19-17(23)14-5-2-4-13(8-14)10-21-7-3-6-16(22)12-21/h2,4-5,8-9,11,16,22H,3,6-7,10,12H2,1H3,(H,19,23)/t16-/m1/s1. The summed E-state index contributed by atoms with van der Waals surface area (Å²) in [5.74, 6) is -0.140. The molecule has 3 rings (SSSR count). The minimum atomic E-state index is -0.235. The summed E-state index contributed by atoms with van der Waals surface area (Å²) in [4.78, 5) is 14.5. The first kappa shape index (κ1) is 15.7. The maximum absolute atomic E-state index is 12.3. The lowest BCUT2D eigenvalue weighted by Gasteiger charge is -2.30. The largest absolute Gasteiger partial charge is 0.392 e. The van der Waals surface area contributed by atoms with E-state index in [1.54, 1.807) is 23.1 Å². The molecule has 23 heavy (non-hydrogen) atoms. The first-order valence-corrected chi connectivity index (χ1v) is 7.89. The summed E-state index contributed by atoms with van der Waals surface area (Å²) in [6, 6.07) is 7.63. The summed E-state index contributed by atoms with van der Waals surface area (Å²) < 4.78 is 1.65. The normalized spacial score (nSPS) is 18.8. The van der Waals surface area contributed by atoms with E-state index in [9.17, 15) is 9.90 Å². The van der Waals surface area contributed by atoms with Crippen LogP contribution in [-0.2, 0) is 13.6 Å². The van der Waals surface area contributed by atoms with Crippen molar-refractivity contribution in [1.82, 2.24) is 14.7 Å². The molecule has 0 spiro atoms. The Kier molecular flexibility index (Phi) is 4.73. The van der Waals surface area contributed by atoms with Gasteiger partial charge in [-0.1, -0.05) is 12.1 Å². The van der Waals surface area contributed by atoms with Crippen molar-refractivity contribution in [3.63, 3.8) is 0 Å². The molecule has 2 heterocycles. The molecule has 0 unspecified atom stereocenters. The van der Waals surface area contributed by atoms with Crippen molar-refractivity contribution in [3.05, 3.63) is 47.8 Å². The summed E-state index contributed by atoms with van der Waals surface area (Å²) in [5, 5.41) is 16.6. The van der Waals surface area contributed by atoms with Crippen LogP contribution in [0.2, 0.25) is 0 Å². The first-order valence-electron chi connectivity index (χ1n) is 7.89. The van der Waals surface area contributed by atoms with Gasteiger partial charge in [-0.15, -0.1) is 0 Å². The van der Waals surface area contributed by atoms with Crippen molar-refractivity contribution in [1.29, 1.82) is 0 Å². The number of hydrogen-bond acceptors (Lipinski definition) is 4. The molecule has 1 atom stereocenters. The van der Waals surface area contributed by atoms with Gasteiger partial charge in [-0.25, -0.2) is 0 Å². The van der Waals surface area contributed by atoms with E-state index in [0.717, 1.165) is 31.5 Å². The molecule has 1 amide bonds. The van der Waals surface area contributed by atoms with Crippen LogP contribution in [0.5, 0.6) is 0 Å². The molecule has 6 nitrogen and oxygen atoms in total. The number of aliphatic hydroxyl groups excluding tert-OH is 1. The molecule has 1 aromatic heterocycles. The maximum atomic E-state index is 12.3. The molecule has 0 radical (unpaired) electrons. The zero-order chi connectivity index (χ0) is 16.2. The summed E-state index contributed by atoms with van der Waals surface area (Å²) in [5.41, 5.74) is 2.39. The Hall–Kier alpha value is -2.18. The molecule has 0 bridgehead atoms. The number of aryl methyl sites for hydroxylation is 1. The number of likely N-dealkylation sites (tertiary alicyclic amines) is 1. The summed E-state index contributed by atoms with van der Waals surface area (Å²) in [7, 11) is 1.81. The quantitative estimate of drug-likeness (QED) is 0.900. The van der Waals surface area contributed by atoms with Crippen LogP contribution in [0, 0.1) is 0 Å².